The van der Waals surface area contributed by atoms with Gasteiger partial charge in [-0.05, 0) is 48.0 Å². The summed E-state index contributed by atoms with van der Waals surface area (Å²) >= 11 is 12.5. The van der Waals surface area contributed by atoms with E-state index in [1.165, 1.54) is 6.21 Å². The lowest BCUT2D eigenvalue weighted by Crippen LogP contribution is -2.20. The SMILES string of the molecule is COc1cccc2oc(-c3nc4ccccc4c(=O)n3N=Cc3cc(Cl)c(OCC#N)c(Cl)c3)cc12. The normalized spacial score (nSPS) is 11.3. The van der Waals surface area contributed by atoms with Gasteiger partial charge >= 0.3 is 0 Å². The highest BCUT2D eigenvalue weighted by Crippen LogP contribution is 2.34. The molecule has 0 aliphatic carbocycles. The summed E-state index contributed by atoms with van der Waals surface area (Å²) < 4.78 is 17.9. The summed E-state index contributed by atoms with van der Waals surface area (Å²) in [7, 11) is 1.57. The van der Waals surface area contributed by atoms with Gasteiger partial charge in [0.05, 0.1) is 39.7 Å². The number of nitrogens with zero attached hydrogens (tertiary/aromatic N) is 4. The Morgan fingerprint density at radius 3 is 2.64 bits per heavy atom. The molecule has 0 N–H and O–H groups in total. The Balaban J connectivity index is 1.66. The lowest BCUT2D eigenvalue weighted by Gasteiger charge is -2.09. The molecular weight excluding hydrogens is 503 g/mol. The van der Waals surface area contributed by atoms with Crippen molar-refractivity contribution in [1.82, 2.24) is 9.66 Å². The molecule has 5 rings (SSSR count). The number of ether oxygens (including phenoxy) is 2. The third kappa shape index (κ3) is 4.26. The number of benzene rings is 3. The minimum Gasteiger partial charge on any atom is -0.496 e. The van der Waals surface area contributed by atoms with Crippen LogP contribution < -0.4 is 15.0 Å². The molecule has 0 atom stereocenters. The number of aromatic nitrogens is 2. The molecule has 3 aromatic carbocycles. The monoisotopic (exact) mass is 518 g/mol. The van der Waals surface area contributed by atoms with E-state index in [2.05, 4.69) is 10.1 Å². The van der Waals surface area contributed by atoms with Gasteiger partial charge in [-0.2, -0.15) is 15.0 Å². The van der Waals surface area contributed by atoms with Crippen LogP contribution in [0.25, 0.3) is 33.5 Å². The molecule has 2 heterocycles. The van der Waals surface area contributed by atoms with Gasteiger partial charge in [0.25, 0.3) is 5.56 Å². The summed E-state index contributed by atoms with van der Waals surface area (Å²) in [4.78, 5) is 18.1. The van der Waals surface area contributed by atoms with Crippen LogP contribution in [0.15, 0.2) is 75.0 Å². The molecule has 2 aromatic heterocycles. The molecule has 36 heavy (non-hydrogen) atoms. The summed E-state index contributed by atoms with van der Waals surface area (Å²) in [6.07, 6.45) is 1.43. The summed E-state index contributed by atoms with van der Waals surface area (Å²) in [5, 5.41) is 14.7. The Kier molecular flexibility index (Phi) is 6.34. The number of hydrogen-bond donors (Lipinski definition) is 0. The third-order valence-corrected chi connectivity index (χ3v) is 5.90. The number of nitriles is 1. The molecule has 5 aromatic rings. The fraction of sp³-hybridized carbons (Fsp3) is 0.0769. The smallest absolute Gasteiger partial charge is 0.282 e. The Morgan fingerprint density at radius 1 is 1.11 bits per heavy atom. The van der Waals surface area contributed by atoms with Crippen molar-refractivity contribution in [3.63, 3.8) is 0 Å². The Hall–Kier alpha value is -4.32. The number of fused-ring (bicyclic) bond motifs is 2. The maximum atomic E-state index is 13.4. The summed E-state index contributed by atoms with van der Waals surface area (Å²) in [6, 6.07) is 19.2. The quantitative estimate of drug-likeness (QED) is 0.259. The van der Waals surface area contributed by atoms with Gasteiger partial charge in [0, 0.05) is 0 Å². The van der Waals surface area contributed by atoms with E-state index in [0.717, 1.165) is 10.1 Å². The van der Waals surface area contributed by atoms with Gasteiger partial charge in [-0.15, -0.1) is 0 Å². The number of hydrogen-bond acceptors (Lipinski definition) is 7. The molecule has 0 bridgehead atoms. The van der Waals surface area contributed by atoms with E-state index in [1.54, 1.807) is 55.6 Å². The molecular formula is C26H16Cl2N4O4. The lowest BCUT2D eigenvalue weighted by molar-refractivity contribution is 0.368. The molecule has 8 nitrogen and oxygen atoms in total. The molecule has 0 spiro atoms. The van der Waals surface area contributed by atoms with Crippen molar-refractivity contribution in [1.29, 1.82) is 5.26 Å². The van der Waals surface area contributed by atoms with Crippen molar-refractivity contribution in [3.8, 4) is 29.2 Å². The van der Waals surface area contributed by atoms with E-state index in [9.17, 15) is 4.79 Å². The van der Waals surface area contributed by atoms with Crippen molar-refractivity contribution in [2.45, 2.75) is 0 Å². The zero-order chi connectivity index (χ0) is 25.2. The average molecular weight is 519 g/mol. The number of furan rings is 1. The van der Waals surface area contributed by atoms with E-state index >= 15 is 0 Å². The second-order valence-corrected chi connectivity index (χ2v) is 8.37. The van der Waals surface area contributed by atoms with Crippen LogP contribution in [0.5, 0.6) is 11.5 Å². The molecule has 0 amide bonds. The standard InChI is InChI=1S/C26H16Cl2N4O4/c1-34-21-7-4-8-22-17(21)13-23(36-22)25-31-20-6-3-2-5-16(20)26(33)32(25)30-14-15-11-18(27)24(19(28)12-15)35-10-9-29/h2-8,11-14H,10H2,1H3. The maximum absolute atomic E-state index is 13.4. The van der Waals surface area contributed by atoms with Crippen LogP contribution in [0.3, 0.4) is 0 Å². The largest absolute Gasteiger partial charge is 0.496 e. The molecule has 0 unspecified atom stereocenters. The fourth-order valence-corrected chi connectivity index (χ4v) is 4.35. The molecule has 0 saturated heterocycles. The first-order valence-electron chi connectivity index (χ1n) is 10.6. The molecule has 178 valence electrons. The van der Waals surface area contributed by atoms with Crippen LogP contribution in [0, 0.1) is 11.3 Å². The van der Waals surface area contributed by atoms with E-state index in [-0.39, 0.29) is 33.8 Å². The third-order valence-electron chi connectivity index (χ3n) is 5.34. The van der Waals surface area contributed by atoms with Crippen molar-refractivity contribution in [3.05, 3.63) is 86.6 Å². The van der Waals surface area contributed by atoms with Crippen LogP contribution in [0.2, 0.25) is 10.0 Å². The average Bonchev–Trinajstić information content (AvgIpc) is 3.32. The zero-order valence-corrected chi connectivity index (χ0v) is 20.2. The topological polar surface area (TPSA) is 103 Å². The molecule has 0 saturated carbocycles. The van der Waals surface area contributed by atoms with Gasteiger partial charge in [-0.3, -0.25) is 4.79 Å². The molecule has 10 heteroatoms. The van der Waals surface area contributed by atoms with Gasteiger partial charge in [0.1, 0.15) is 17.4 Å². The van der Waals surface area contributed by atoms with Crippen molar-refractivity contribution >= 4 is 51.3 Å². The Bertz CT molecular complexity index is 1730. The second-order valence-electron chi connectivity index (χ2n) is 7.56. The van der Waals surface area contributed by atoms with E-state index in [4.69, 9.17) is 42.4 Å². The highest BCUT2D eigenvalue weighted by Gasteiger charge is 2.18. The maximum Gasteiger partial charge on any atom is 0.282 e. The summed E-state index contributed by atoms with van der Waals surface area (Å²) in [6.45, 7) is -0.198. The lowest BCUT2D eigenvalue weighted by atomic mass is 10.2. The first kappa shape index (κ1) is 23.4. The number of methoxy groups -OCH3 is 1. The fourth-order valence-electron chi connectivity index (χ4n) is 3.73. The molecule has 0 aliphatic heterocycles. The van der Waals surface area contributed by atoms with Crippen LogP contribution in [-0.4, -0.2) is 29.6 Å². The van der Waals surface area contributed by atoms with Crippen molar-refractivity contribution in [2.24, 2.45) is 5.10 Å². The van der Waals surface area contributed by atoms with Crippen LogP contribution in [0.4, 0.5) is 0 Å². The zero-order valence-electron chi connectivity index (χ0n) is 18.7. The van der Waals surface area contributed by atoms with Gasteiger partial charge in [-0.25, -0.2) is 4.98 Å². The van der Waals surface area contributed by atoms with Crippen LogP contribution in [-0.2, 0) is 0 Å². The molecule has 0 radical (unpaired) electrons. The first-order valence-corrected chi connectivity index (χ1v) is 11.4. The number of para-hydroxylation sites is 1. The highest BCUT2D eigenvalue weighted by atomic mass is 35.5. The van der Waals surface area contributed by atoms with Gasteiger partial charge < -0.3 is 13.9 Å². The van der Waals surface area contributed by atoms with Gasteiger partial charge in [-0.1, -0.05) is 41.4 Å². The Morgan fingerprint density at radius 2 is 1.89 bits per heavy atom. The first-order chi connectivity index (χ1) is 17.5. The van der Waals surface area contributed by atoms with Crippen LogP contribution >= 0.6 is 23.2 Å². The van der Waals surface area contributed by atoms with Crippen LogP contribution in [0.1, 0.15) is 5.56 Å². The van der Waals surface area contributed by atoms with E-state index in [1.807, 2.05) is 18.2 Å². The summed E-state index contributed by atoms with van der Waals surface area (Å²) in [5.41, 5.74) is 1.20. The van der Waals surface area contributed by atoms with Crippen molar-refractivity contribution < 1.29 is 13.9 Å². The Labute approximate surface area is 214 Å². The minimum atomic E-state index is -0.384. The van der Waals surface area contributed by atoms with Gasteiger partial charge in [0.2, 0.25) is 5.82 Å². The highest BCUT2D eigenvalue weighted by molar-refractivity contribution is 6.37. The van der Waals surface area contributed by atoms with Crippen molar-refractivity contribution in [2.75, 3.05) is 13.7 Å². The second kappa shape index (κ2) is 9.74. The number of rotatable bonds is 6. The van der Waals surface area contributed by atoms with E-state index < -0.39 is 0 Å². The van der Waals surface area contributed by atoms with E-state index in [0.29, 0.717) is 33.6 Å². The van der Waals surface area contributed by atoms with Gasteiger partial charge in [0.15, 0.2) is 18.1 Å². The molecule has 0 aliphatic rings. The predicted octanol–water partition coefficient (Wildman–Crippen LogP) is 5.91. The predicted molar refractivity (Wildman–Crippen MR) is 138 cm³/mol. The minimum absolute atomic E-state index is 0.193. The summed E-state index contributed by atoms with van der Waals surface area (Å²) in [5.74, 6) is 1.37. The molecule has 0 fully saturated rings. The number of halogens is 2.